The zero-order chi connectivity index (χ0) is 17.4. The molecule has 1 aromatic rings. The van der Waals surface area contributed by atoms with Crippen LogP contribution in [0.25, 0.3) is 0 Å². The van der Waals surface area contributed by atoms with Crippen LogP contribution in [0.15, 0.2) is 12.7 Å². The third-order valence-electron chi connectivity index (χ3n) is 2.95. The highest BCUT2D eigenvalue weighted by molar-refractivity contribution is 7.17. The molecule has 1 aromatic heterocycles. The summed E-state index contributed by atoms with van der Waals surface area (Å²) < 4.78 is 10.4. The molecule has 1 N–H and O–H groups in total. The van der Waals surface area contributed by atoms with Crippen molar-refractivity contribution >= 4 is 28.3 Å². The summed E-state index contributed by atoms with van der Waals surface area (Å²) in [5.41, 5.74) is 0.629. The van der Waals surface area contributed by atoms with E-state index in [0.29, 0.717) is 35.3 Å². The molecule has 0 spiro atoms. The number of carbonyl (C=O) groups is 2. The van der Waals surface area contributed by atoms with Crippen molar-refractivity contribution in [3.63, 3.8) is 0 Å². The molecule has 1 rings (SSSR count). The number of esters is 1. The summed E-state index contributed by atoms with van der Waals surface area (Å²) in [6.45, 7) is 11.6. The van der Waals surface area contributed by atoms with Gasteiger partial charge in [-0.3, -0.25) is 10.1 Å². The van der Waals surface area contributed by atoms with Crippen LogP contribution in [-0.4, -0.2) is 36.2 Å². The topological polar surface area (TPSA) is 77.5 Å². The van der Waals surface area contributed by atoms with E-state index < -0.39 is 12.1 Å². The lowest BCUT2D eigenvalue weighted by atomic mass is 10.1. The van der Waals surface area contributed by atoms with Gasteiger partial charge in [-0.05, 0) is 26.2 Å². The Balaban J connectivity index is 2.80. The maximum Gasteiger partial charge on any atom is 0.350 e. The van der Waals surface area contributed by atoms with Crippen molar-refractivity contribution in [2.45, 2.75) is 46.1 Å². The van der Waals surface area contributed by atoms with E-state index in [0.717, 1.165) is 11.3 Å². The largest absolute Gasteiger partial charge is 0.462 e. The predicted octanol–water partition coefficient (Wildman–Crippen LogP) is 3.36. The number of carbonyl (C=O) groups excluding carboxylic acids is 2. The van der Waals surface area contributed by atoms with Crippen molar-refractivity contribution in [1.29, 1.82) is 0 Å². The van der Waals surface area contributed by atoms with Gasteiger partial charge in [0.15, 0.2) is 5.13 Å². The van der Waals surface area contributed by atoms with Crippen LogP contribution in [0.5, 0.6) is 0 Å². The molecule has 23 heavy (non-hydrogen) atoms. The lowest BCUT2D eigenvalue weighted by molar-refractivity contribution is -0.126. The molecule has 7 heteroatoms. The molecule has 0 aliphatic carbocycles. The van der Waals surface area contributed by atoms with Gasteiger partial charge in [-0.2, -0.15) is 0 Å². The highest BCUT2D eigenvalue weighted by atomic mass is 32.1. The van der Waals surface area contributed by atoms with Gasteiger partial charge in [-0.1, -0.05) is 31.3 Å². The third kappa shape index (κ3) is 5.76. The number of nitrogens with one attached hydrogen (secondary N) is 1. The van der Waals surface area contributed by atoms with Crippen LogP contribution in [-0.2, 0) is 14.3 Å². The molecule has 0 radical (unpaired) electrons. The highest BCUT2D eigenvalue weighted by Crippen LogP contribution is 2.29. The maximum atomic E-state index is 12.1. The molecule has 0 aliphatic heterocycles. The molecule has 1 atom stereocenters. The summed E-state index contributed by atoms with van der Waals surface area (Å²) in [5, 5.41) is 3.07. The zero-order valence-corrected chi connectivity index (χ0v) is 14.9. The second kappa shape index (κ2) is 9.42. The normalized spacial score (nSPS) is 12.0. The number of ether oxygens (including phenoxy) is 2. The van der Waals surface area contributed by atoms with Gasteiger partial charge < -0.3 is 9.47 Å². The number of anilines is 1. The summed E-state index contributed by atoms with van der Waals surface area (Å²) in [4.78, 5) is 28.8. The number of hydrogen-bond donors (Lipinski definition) is 1. The predicted molar refractivity (Wildman–Crippen MR) is 91.0 cm³/mol. The van der Waals surface area contributed by atoms with E-state index in [-0.39, 0.29) is 11.8 Å². The summed E-state index contributed by atoms with van der Waals surface area (Å²) in [5.74, 6) is -0.657. The van der Waals surface area contributed by atoms with E-state index in [1.807, 2.05) is 13.8 Å². The van der Waals surface area contributed by atoms with Crippen LogP contribution in [0.1, 0.15) is 55.4 Å². The summed E-state index contributed by atoms with van der Waals surface area (Å²) in [6.07, 6.45) is 1.80. The van der Waals surface area contributed by atoms with Crippen molar-refractivity contribution in [2.24, 2.45) is 0 Å². The Labute approximate surface area is 140 Å². The lowest BCUT2D eigenvalue weighted by Gasteiger charge is -2.11. The van der Waals surface area contributed by atoms with Crippen LogP contribution in [0, 0.1) is 0 Å². The van der Waals surface area contributed by atoms with Crippen LogP contribution in [0.3, 0.4) is 0 Å². The van der Waals surface area contributed by atoms with Crippen LogP contribution in [0.2, 0.25) is 0 Å². The number of nitrogens with zero attached hydrogens (tertiary/aromatic N) is 1. The van der Waals surface area contributed by atoms with E-state index in [1.165, 1.54) is 0 Å². The Hall–Kier alpha value is -1.73. The number of aromatic nitrogens is 1. The minimum atomic E-state index is -0.604. The Morgan fingerprint density at radius 3 is 2.65 bits per heavy atom. The molecule has 0 saturated carbocycles. The Kier molecular flexibility index (Phi) is 7.91. The molecule has 128 valence electrons. The molecule has 0 unspecified atom stereocenters. The Bertz CT molecular complexity index is 554. The standard InChI is InChI=1S/C16H24N2O4S/c1-6-8-9-22-11(5)14(19)18-16-17-12(10(3)4)13(23-16)15(20)21-7-2/h6,10-11H,1,7-9H2,2-5H3,(H,17,18,19)/t11-/m0/s1. The Morgan fingerprint density at radius 2 is 2.09 bits per heavy atom. The van der Waals surface area contributed by atoms with Gasteiger partial charge in [0.25, 0.3) is 5.91 Å². The van der Waals surface area contributed by atoms with Crippen molar-refractivity contribution in [3.05, 3.63) is 23.2 Å². The minimum Gasteiger partial charge on any atom is -0.462 e. The van der Waals surface area contributed by atoms with E-state index >= 15 is 0 Å². The maximum absolute atomic E-state index is 12.1. The smallest absolute Gasteiger partial charge is 0.350 e. The first-order valence-corrected chi connectivity index (χ1v) is 8.43. The number of thiazole rings is 1. The van der Waals surface area contributed by atoms with Crippen molar-refractivity contribution in [1.82, 2.24) is 4.98 Å². The van der Waals surface area contributed by atoms with Gasteiger partial charge in [0.1, 0.15) is 11.0 Å². The molecule has 0 aliphatic rings. The van der Waals surface area contributed by atoms with E-state index in [4.69, 9.17) is 9.47 Å². The number of amides is 1. The molecular formula is C16H24N2O4S. The fourth-order valence-electron chi connectivity index (χ4n) is 1.73. The van der Waals surface area contributed by atoms with Gasteiger partial charge in [-0.15, -0.1) is 6.58 Å². The first-order chi connectivity index (χ1) is 10.9. The van der Waals surface area contributed by atoms with Crippen LogP contribution < -0.4 is 5.32 Å². The van der Waals surface area contributed by atoms with Crippen LogP contribution in [0.4, 0.5) is 5.13 Å². The third-order valence-corrected chi connectivity index (χ3v) is 3.92. The molecule has 1 amide bonds. The monoisotopic (exact) mass is 340 g/mol. The average molecular weight is 340 g/mol. The molecule has 0 fully saturated rings. The second-order valence-corrected chi connectivity index (χ2v) is 6.19. The van der Waals surface area contributed by atoms with Gasteiger partial charge in [-0.25, -0.2) is 9.78 Å². The highest BCUT2D eigenvalue weighted by Gasteiger charge is 2.23. The molecule has 6 nitrogen and oxygen atoms in total. The molecule has 0 bridgehead atoms. The summed E-state index contributed by atoms with van der Waals surface area (Å²) in [6, 6.07) is 0. The Morgan fingerprint density at radius 1 is 1.39 bits per heavy atom. The second-order valence-electron chi connectivity index (χ2n) is 5.19. The van der Waals surface area contributed by atoms with Crippen molar-refractivity contribution in [3.8, 4) is 0 Å². The fraction of sp³-hybridized carbons (Fsp3) is 0.562. The van der Waals surface area contributed by atoms with Crippen LogP contribution >= 0.6 is 11.3 Å². The molecular weight excluding hydrogens is 316 g/mol. The quantitative estimate of drug-likeness (QED) is 0.424. The first-order valence-electron chi connectivity index (χ1n) is 7.61. The van der Waals surface area contributed by atoms with E-state index in [9.17, 15) is 9.59 Å². The lowest BCUT2D eigenvalue weighted by Crippen LogP contribution is -2.28. The molecule has 0 saturated heterocycles. The molecule has 1 heterocycles. The van der Waals surface area contributed by atoms with Gasteiger partial charge in [0, 0.05) is 0 Å². The SMILES string of the molecule is C=CCCO[C@@H](C)C(=O)Nc1nc(C(C)C)c(C(=O)OCC)s1. The summed E-state index contributed by atoms with van der Waals surface area (Å²) >= 11 is 1.12. The van der Waals surface area contributed by atoms with Gasteiger partial charge in [0.05, 0.1) is 18.9 Å². The molecule has 0 aromatic carbocycles. The number of rotatable bonds is 9. The first kappa shape index (κ1) is 19.3. The average Bonchev–Trinajstić information content (AvgIpc) is 2.91. The minimum absolute atomic E-state index is 0.0533. The van der Waals surface area contributed by atoms with E-state index in [2.05, 4.69) is 16.9 Å². The van der Waals surface area contributed by atoms with Gasteiger partial charge in [0.2, 0.25) is 0 Å². The van der Waals surface area contributed by atoms with Gasteiger partial charge >= 0.3 is 5.97 Å². The number of hydrogen-bond acceptors (Lipinski definition) is 6. The zero-order valence-electron chi connectivity index (χ0n) is 14.0. The van der Waals surface area contributed by atoms with Crippen molar-refractivity contribution < 1.29 is 19.1 Å². The van der Waals surface area contributed by atoms with E-state index in [1.54, 1.807) is 19.9 Å². The van der Waals surface area contributed by atoms with Crippen molar-refractivity contribution in [2.75, 3.05) is 18.5 Å². The fourth-order valence-corrected chi connectivity index (χ4v) is 2.75. The summed E-state index contributed by atoms with van der Waals surface area (Å²) in [7, 11) is 0.